The van der Waals surface area contributed by atoms with E-state index < -0.39 is 10.0 Å². The Kier molecular flexibility index (Phi) is 5.64. The summed E-state index contributed by atoms with van der Waals surface area (Å²) in [5, 5.41) is 4.47. The van der Waals surface area contributed by atoms with Crippen LogP contribution in [0.2, 0.25) is 0 Å². The molecule has 2 atom stereocenters. The minimum atomic E-state index is -3.25. The minimum Gasteiger partial charge on any atom is -0.493 e. The fourth-order valence-electron chi connectivity index (χ4n) is 3.02. The van der Waals surface area contributed by atoms with E-state index in [2.05, 4.69) is 9.82 Å². The summed E-state index contributed by atoms with van der Waals surface area (Å²) in [7, 11) is -1.33. The first-order valence-corrected chi connectivity index (χ1v) is 10.5. The largest absolute Gasteiger partial charge is 0.493 e. The first kappa shape index (κ1) is 18.9. The highest BCUT2D eigenvalue weighted by Gasteiger charge is 2.28. The van der Waals surface area contributed by atoms with E-state index in [9.17, 15) is 8.42 Å². The van der Waals surface area contributed by atoms with Crippen LogP contribution in [0.15, 0.2) is 30.3 Å². The fraction of sp³-hybridized carbons (Fsp3) is 0.500. The summed E-state index contributed by atoms with van der Waals surface area (Å²) in [6.45, 7) is 3.46. The molecule has 1 saturated heterocycles. The summed E-state index contributed by atoms with van der Waals surface area (Å²) >= 11 is 0. The maximum Gasteiger partial charge on any atom is 0.208 e. The van der Waals surface area contributed by atoms with Crippen LogP contribution in [-0.2, 0) is 21.8 Å². The molecule has 3 rings (SSSR count). The van der Waals surface area contributed by atoms with Crippen LogP contribution in [0.25, 0.3) is 11.3 Å². The van der Waals surface area contributed by atoms with Gasteiger partial charge in [0.2, 0.25) is 10.0 Å². The molecule has 0 amide bonds. The second kappa shape index (κ2) is 7.77. The average molecular weight is 379 g/mol. The van der Waals surface area contributed by atoms with E-state index in [1.165, 1.54) is 6.26 Å². The Morgan fingerprint density at radius 3 is 2.69 bits per heavy atom. The topological polar surface area (TPSA) is 82.4 Å². The van der Waals surface area contributed by atoms with Gasteiger partial charge >= 0.3 is 0 Å². The van der Waals surface area contributed by atoms with E-state index >= 15 is 0 Å². The molecule has 1 fully saturated rings. The first-order valence-electron chi connectivity index (χ1n) is 8.61. The molecule has 0 bridgehead atoms. The van der Waals surface area contributed by atoms with E-state index in [1.807, 2.05) is 49.0 Å². The Bertz CT molecular complexity index is 826. The number of aromatic nitrogens is 2. The Hall–Kier alpha value is -1.90. The number of ether oxygens (including phenoxy) is 2. The Morgan fingerprint density at radius 2 is 2.08 bits per heavy atom. The Morgan fingerprint density at radius 1 is 1.35 bits per heavy atom. The third-order valence-electron chi connectivity index (χ3n) is 4.57. The molecule has 1 aromatic carbocycles. The zero-order valence-corrected chi connectivity index (χ0v) is 16.1. The summed E-state index contributed by atoms with van der Waals surface area (Å²) in [5.41, 5.74) is 3.05. The number of rotatable bonds is 6. The number of sulfonamides is 1. The molecule has 2 aromatic rings. The second-order valence-electron chi connectivity index (χ2n) is 6.75. The molecule has 1 N–H and O–H groups in total. The van der Waals surface area contributed by atoms with Crippen LogP contribution in [0.1, 0.15) is 12.1 Å². The molecule has 0 saturated carbocycles. The number of benzene rings is 1. The second-order valence-corrected chi connectivity index (χ2v) is 8.53. The van der Waals surface area contributed by atoms with E-state index in [0.717, 1.165) is 22.7 Å². The van der Waals surface area contributed by atoms with Crippen molar-refractivity contribution in [2.45, 2.75) is 19.4 Å². The molecular formula is C18H25N3O4S. The van der Waals surface area contributed by atoms with Gasteiger partial charge in [-0.15, -0.1) is 0 Å². The normalized spacial score (nSPS) is 20.9. The molecule has 1 aliphatic rings. The molecule has 0 radical (unpaired) electrons. The lowest BCUT2D eigenvalue weighted by molar-refractivity contribution is 0.0187. The number of nitrogens with zero attached hydrogens (tertiary/aromatic N) is 2. The zero-order chi connectivity index (χ0) is 18.7. The van der Waals surface area contributed by atoms with Gasteiger partial charge in [-0.05, 0) is 43.7 Å². The van der Waals surface area contributed by atoms with Gasteiger partial charge in [-0.2, -0.15) is 5.10 Å². The van der Waals surface area contributed by atoms with Gasteiger partial charge < -0.3 is 9.47 Å². The molecule has 2 heterocycles. The lowest BCUT2D eigenvalue weighted by Crippen LogP contribution is -2.47. The summed E-state index contributed by atoms with van der Waals surface area (Å²) < 4.78 is 38.9. The maximum absolute atomic E-state index is 11.5. The van der Waals surface area contributed by atoms with Crippen molar-refractivity contribution in [3.63, 3.8) is 0 Å². The molecule has 0 unspecified atom stereocenters. The minimum absolute atomic E-state index is 0.0170. The lowest BCUT2D eigenvalue weighted by Gasteiger charge is -2.31. The lowest BCUT2D eigenvalue weighted by atomic mass is 9.98. The van der Waals surface area contributed by atoms with Crippen molar-refractivity contribution in [2.24, 2.45) is 13.0 Å². The molecule has 1 aliphatic heterocycles. The Balaban J connectivity index is 1.61. The van der Waals surface area contributed by atoms with Gasteiger partial charge in [0.25, 0.3) is 0 Å². The summed E-state index contributed by atoms with van der Waals surface area (Å²) in [4.78, 5) is 0. The molecule has 0 aliphatic carbocycles. The van der Waals surface area contributed by atoms with Gasteiger partial charge in [0.05, 0.1) is 25.2 Å². The van der Waals surface area contributed by atoms with Gasteiger partial charge in [-0.3, -0.25) is 4.68 Å². The van der Waals surface area contributed by atoms with Crippen LogP contribution in [0.3, 0.4) is 0 Å². The zero-order valence-electron chi connectivity index (χ0n) is 15.3. The van der Waals surface area contributed by atoms with Crippen molar-refractivity contribution in [1.29, 1.82) is 0 Å². The summed E-state index contributed by atoms with van der Waals surface area (Å²) in [6, 6.07) is 9.64. The maximum atomic E-state index is 11.5. The quantitative estimate of drug-likeness (QED) is 0.827. The highest BCUT2D eigenvalue weighted by Crippen LogP contribution is 2.23. The van der Waals surface area contributed by atoms with E-state index in [1.54, 1.807) is 0 Å². The van der Waals surface area contributed by atoms with Crippen LogP contribution >= 0.6 is 0 Å². The van der Waals surface area contributed by atoms with Gasteiger partial charge in [0.1, 0.15) is 5.75 Å². The highest BCUT2D eigenvalue weighted by molar-refractivity contribution is 7.88. The van der Waals surface area contributed by atoms with Crippen molar-refractivity contribution in [1.82, 2.24) is 14.5 Å². The molecule has 142 valence electrons. The van der Waals surface area contributed by atoms with E-state index in [4.69, 9.17) is 9.47 Å². The van der Waals surface area contributed by atoms with Crippen LogP contribution in [0.5, 0.6) is 5.75 Å². The van der Waals surface area contributed by atoms with Crippen molar-refractivity contribution in [3.05, 3.63) is 36.0 Å². The summed E-state index contributed by atoms with van der Waals surface area (Å²) in [6.07, 6.45) is 1.83. The highest BCUT2D eigenvalue weighted by atomic mass is 32.2. The monoisotopic (exact) mass is 379 g/mol. The molecule has 8 heteroatoms. The Labute approximate surface area is 154 Å². The van der Waals surface area contributed by atoms with Crippen LogP contribution in [0, 0.1) is 12.8 Å². The molecule has 7 nitrogen and oxygen atoms in total. The summed E-state index contributed by atoms with van der Waals surface area (Å²) in [5.74, 6) is 0.724. The van der Waals surface area contributed by atoms with Crippen molar-refractivity contribution in [3.8, 4) is 17.0 Å². The SMILES string of the molecule is Cc1cc(-c2ccc(OC[C@H]3COCC[C@@H]3NS(C)(=O)=O)cc2)nn1C. The van der Waals surface area contributed by atoms with Gasteiger partial charge in [-0.25, -0.2) is 13.1 Å². The number of hydrogen-bond acceptors (Lipinski definition) is 5. The standard InChI is InChI=1S/C18H25N3O4S/c1-13-10-18(19-21(13)2)14-4-6-16(7-5-14)25-12-15-11-24-9-8-17(15)20-26(3,22)23/h4-7,10,15,17,20H,8-9,11-12H2,1-3H3/t15-,17+/m1/s1. The van der Waals surface area contributed by atoms with Crippen LogP contribution < -0.4 is 9.46 Å². The van der Waals surface area contributed by atoms with Crippen LogP contribution in [0.4, 0.5) is 0 Å². The van der Waals surface area contributed by atoms with Crippen LogP contribution in [-0.4, -0.2) is 50.3 Å². The number of hydrogen-bond donors (Lipinski definition) is 1. The van der Waals surface area contributed by atoms with Crippen molar-refractivity contribution < 1.29 is 17.9 Å². The third kappa shape index (κ3) is 4.84. The molecule has 1 aromatic heterocycles. The third-order valence-corrected chi connectivity index (χ3v) is 5.30. The predicted octanol–water partition coefficient (Wildman–Crippen LogP) is 1.73. The average Bonchev–Trinajstić information content (AvgIpc) is 2.92. The van der Waals surface area contributed by atoms with Gasteiger partial charge in [0, 0.05) is 36.9 Å². The molecule has 0 spiro atoms. The molecular weight excluding hydrogens is 354 g/mol. The number of nitrogens with one attached hydrogen (secondary N) is 1. The fourth-order valence-corrected chi connectivity index (χ4v) is 3.88. The van der Waals surface area contributed by atoms with Gasteiger partial charge in [-0.1, -0.05) is 0 Å². The molecule has 26 heavy (non-hydrogen) atoms. The first-order chi connectivity index (χ1) is 12.3. The van der Waals surface area contributed by atoms with E-state index in [-0.39, 0.29) is 12.0 Å². The number of aryl methyl sites for hydroxylation is 2. The van der Waals surface area contributed by atoms with Crippen molar-refractivity contribution >= 4 is 10.0 Å². The predicted molar refractivity (Wildman–Crippen MR) is 99.6 cm³/mol. The van der Waals surface area contributed by atoms with Gasteiger partial charge in [0.15, 0.2) is 0 Å². The van der Waals surface area contributed by atoms with E-state index in [0.29, 0.717) is 26.2 Å². The van der Waals surface area contributed by atoms with Crippen molar-refractivity contribution in [2.75, 3.05) is 26.1 Å². The smallest absolute Gasteiger partial charge is 0.208 e.